The molecule has 0 unspecified atom stereocenters. The monoisotopic (exact) mass is 260 g/mol. The summed E-state index contributed by atoms with van der Waals surface area (Å²) in [5.41, 5.74) is -1.30. The quantitative estimate of drug-likeness (QED) is 0.676. The normalized spacial score (nSPS) is 10.7. The van der Waals surface area contributed by atoms with Gasteiger partial charge in [0.05, 0.1) is 7.11 Å². The van der Waals surface area contributed by atoms with E-state index in [1.165, 1.54) is 14.2 Å². The third-order valence-electron chi connectivity index (χ3n) is 2.90. The molecular weight excluding hydrogens is 240 g/mol. The maximum atomic E-state index is 11.8. The van der Waals surface area contributed by atoms with Crippen LogP contribution in [0.15, 0.2) is 0 Å². The first-order valence-electron chi connectivity index (χ1n) is 5.66. The van der Waals surface area contributed by atoms with Crippen LogP contribution in [-0.4, -0.2) is 54.2 Å². The molecule has 0 fully saturated rings. The molecule has 0 heterocycles. The van der Waals surface area contributed by atoms with Crippen molar-refractivity contribution >= 4 is 18.0 Å². The van der Waals surface area contributed by atoms with Crippen LogP contribution in [0.5, 0.6) is 0 Å². The van der Waals surface area contributed by atoms with Crippen molar-refractivity contribution in [1.29, 1.82) is 0 Å². The van der Waals surface area contributed by atoms with Gasteiger partial charge in [-0.3, -0.25) is 4.79 Å². The van der Waals surface area contributed by atoms with Gasteiger partial charge < -0.3 is 20.1 Å². The van der Waals surface area contributed by atoms with Crippen molar-refractivity contribution in [3.63, 3.8) is 0 Å². The Labute approximate surface area is 106 Å². The zero-order valence-corrected chi connectivity index (χ0v) is 11.1. The lowest BCUT2D eigenvalue weighted by Crippen LogP contribution is -2.57. The molecule has 0 saturated heterocycles. The number of esters is 1. The molecule has 0 aromatic carbocycles. The fraction of sp³-hybridized carbons (Fsp3) is 0.727. The molecular formula is C11H20N2O5. The number of carboxylic acids is 1. The van der Waals surface area contributed by atoms with Gasteiger partial charge in [0, 0.05) is 7.05 Å². The van der Waals surface area contributed by atoms with Crippen molar-refractivity contribution < 1.29 is 24.2 Å². The number of carbonyl (C=O) groups excluding carboxylic acids is 2. The Morgan fingerprint density at radius 3 is 2.11 bits per heavy atom. The van der Waals surface area contributed by atoms with E-state index in [2.05, 4.69) is 10.1 Å². The smallest absolute Gasteiger partial charge is 0.329 e. The number of nitrogens with one attached hydrogen (secondary N) is 1. The van der Waals surface area contributed by atoms with Gasteiger partial charge in [-0.1, -0.05) is 13.8 Å². The van der Waals surface area contributed by atoms with Crippen molar-refractivity contribution in [2.45, 2.75) is 32.2 Å². The highest BCUT2D eigenvalue weighted by Gasteiger charge is 2.37. The third-order valence-corrected chi connectivity index (χ3v) is 2.90. The zero-order valence-electron chi connectivity index (χ0n) is 11.1. The number of rotatable bonds is 6. The number of amides is 2. The number of hydrogen-bond acceptors (Lipinski definition) is 4. The molecule has 0 aliphatic rings. The van der Waals surface area contributed by atoms with Gasteiger partial charge in [-0.05, 0) is 12.8 Å². The highest BCUT2D eigenvalue weighted by atomic mass is 16.5. The van der Waals surface area contributed by atoms with E-state index in [0.717, 1.165) is 4.90 Å². The third kappa shape index (κ3) is 3.90. The van der Waals surface area contributed by atoms with Crippen molar-refractivity contribution in [3.8, 4) is 0 Å². The fourth-order valence-corrected chi connectivity index (χ4v) is 1.41. The number of likely N-dealkylation sites (N-methyl/N-ethyl adjacent to an activating group) is 1. The summed E-state index contributed by atoms with van der Waals surface area (Å²) in [6, 6.07) is -0.619. The summed E-state index contributed by atoms with van der Waals surface area (Å²) < 4.78 is 4.42. The van der Waals surface area contributed by atoms with Crippen LogP contribution >= 0.6 is 0 Å². The highest BCUT2D eigenvalue weighted by Crippen LogP contribution is 2.15. The molecule has 0 bridgehead atoms. The standard InChI is InChI=1S/C11H20N2O5/c1-5-11(6-2,9(15)16)12-10(17)13(3)7-8(14)18-4/h5-7H2,1-4H3,(H,12,17)(H,15,16). The van der Waals surface area contributed by atoms with E-state index in [4.69, 9.17) is 5.11 Å². The minimum Gasteiger partial charge on any atom is -0.480 e. The molecule has 104 valence electrons. The predicted octanol–water partition coefficient (Wildman–Crippen LogP) is 0.444. The van der Waals surface area contributed by atoms with Crippen LogP contribution in [0.2, 0.25) is 0 Å². The highest BCUT2D eigenvalue weighted by molar-refractivity contribution is 5.87. The average Bonchev–Trinajstić information content (AvgIpc) is 2.34. The molecule has 0 saturated carbocycles. The number of hydrogen-bond donors (Lipinski definition) is 2. The number of methoxy groups -OCH3 is 1. The number of urea groups is 1. The van der Waals surface area contributed by atoms with Crippen LogP contribution < -0.4 is 5.32 Å². The Hall–Kier alpha value is -1.79. The van der Waals surface area contributed by atoms with E-state index < -0.39 is 23.5 Å². The van der Waals surface area contributed by atoms with Gasteiger partial charge in [-0.25, -0.2) is 9.59 Å². The van der Waals surface area contributed by atoms with Gasteiger partial charge in [0.15, 0.2) is 0 Å². The van der Waals surface area contributed by atoms with Crippen LogP contribution in [0.3, 0.4) is 0 Å². The summed E-state index contributed by atoms with van der Waals surface area (Å²) in [6.07, 6.45) is 0.521. The molecule has 0 aromatic rings. The van der Waals surface area contributed by atoms with Gasteiger partial charge in [-0.2, -0.15) is 0 Å². The van der Waals surface area contributed by atoms with Crippen LogP contribution in [0, 0.1) is 0 Å². The number of carbonyl (C=O) groups is 3. The second-order valence-electron chi connectivity index (χ2n) is 3.96. The lowest BCUT2D eigenvalue weighted by Gasteiger charge is -2.30. The van der Waals surface area contributed by atoms with Crippen molar-refractivity contribution in [2.75, 3.05) is 20.7 Å². The molecule has 0 spiro atoms. The zero-order chi connectivity index (χ0) is 14.3. The minimum atomic E-state index is -1.30. The maximum Gasteiger partial charge on any atom is 0.329 e. The van der Waals surface area contributed by atoms with E-state index in [1.54, 1.807) is 13.8 Å². The van der Waals surface area contributed by atoms with E-state index >= 15 is 0 Å². The van der Waals surface area contributed by atoms with Gasteiger partial charge in [0.25, 0.3) is 0 Å². The van der Waals surface area contributed by atoms with E-state index in [1.807, 2.05) is 0 Å². The molecule has 0 rings (SSSR count). The predicted molar refractivity (Wildman–Crippen MR) is 64.1 cm³/mol. The molecule has 2 amide bonds. The van der Waals surface area contributed by atoms with Crippen molar-refractivity contribution in [2.24, 2.45) is 0 Å². The van der Waals surface area contributed by atoms with Crippen molar-refractivity contribution in [1.82, 2.24) is 10.2 Å². The molecule has 0 aliphatic carbocycles. The van der Waals surface area contributed by atoms with E-state index in [9.17, 15) is 14.4 Å². The Bertz CT molecular complexity index is 325. The maximum absolute atomic E-state index is 11.8. The molecule has 18 heavy (non-hydrogen) atoms. The summed E-state index contributed by atoms with van der Waals surface area (Å²) in [5.74, 6) is -1.66. The molecule has 0 aromatic heterocycles. The largest absolute Gasteiger partial charge is 0.480 e. The van der Waals surface area contributed by atoms with E-state index in [0.29, 0.717) is 0 Å². The Morgan fingerprint density at radius 2 is 1.78 bits per heavy atom. The SMILES string of the molecule is CCC(CC)(NC(=O)N(C)CC(=O)OC)C(=O)O. The van der Waals surface area contributed by atoms with Crippen molar-refractivity contribution in [3.05, 3.63) is 0 Å². The Morgan fingerprint density at radius 1 is 1.28 bits per heavy atom. The molecule has 7 nitrogen and oxygen atoms in total. The number of carboxylic acid groups (broad SMARTS) is 1. The first-order valence-corrected chi connectivity index (χ1v) is 5.66. The molecule has 0 atom stereocenters. The van der Waals surface area contributed by atoms with E-state index in [-0.39, 0.29) is 19.4 Å². The van der Waals surface area contributed by atoms with Gasteiger partial charge in [0.2, 0.25) is 0 Å². The number of ether oxygens (including phenoxy) is 1. The van der Waals surface area contributed by atoms with Crippen LogP contribution in [0.25, 0.3) is 0 Å². The summed E-state index contributed by atoms with van der Waals surface area (Å²) >= 11 is 0. The lowest BCUT2D eigenvalue weighted by molar-refractivity contribution is -0.144. The minimum absolute atomic E-state index is 0.231. The molecule has 7 heteroatoms. The van der Waals surface area contributed by atoms with Crippen LogP contribution in [-0.2, 0) is 14.3 Å². The fourth-order valence-electron chi connectivity index (χ4n) is 1.41. The van der Waals surface area contributed by atoms with Gasteiger partial charge in [-0.15, -0.1) is 0 Å². The van der Waals surface area contributed by atoms with Gasteiger partial charge in [0.1, 0.15) is 12.1 Å². The molecule has 2 N–H and O–H groups in total. The summed E-state index contributed by atoms with van der Waals surface area (Å²) in [7, 11) is 2.61. The topological polar surface area (TPSA) is 95.9 Å². The van der Waals surface area contributed by atoms with Crippen LogP contribution in [0.4, 0.5) is 4.79 Å². The number of aliphatic carboxylic acids is 1. The first kappa shape index (κ1) is 16.2. The Kier molecular flexibility index (Phi) is 6.15. The molecule has 0 radical (unpaired) electrons. The molecule has 0 aliphatic heterocycles. The number of nitrogens with zero attached hydrogens (tertiary/aromatic N) is 1. The van der Waals surface area contributed by atoms with Gasteiger partial charge >= 0.3 is 18.0 Å². The average molecular weight is 260 g/mol. The summed E-state index contributed by atoms with van der Waals surface area (Å²) in [6.45, 7) is 3.13. The van der Waals surface area contributed by atoms with Crippen LogP contribution in [0.1, 0.15) is 26.7 Å². The first-order chi connectivity index (χ1) is 8.32. The summed E-state index contributed by atoms with van der Waals surface area (Å²) in [4.78, 5) is 35.1. The Balaban J connectivity index is 4.70. The second-order valence-corrected chi connectivity index (χ2v) is 3.96. The lowest BCUT2D eigenvalue weighted by atomic mass is 9.93. The second kappa shape index (κ2) is 6.83. The summed E-state index contributed by atoms with van der Waals surface area (Å²) in [5, 5.41) is 11.6.